The maximum atomic E-state index is 5.44. The zero-order valence-corrected chi connectivity index (χ0v) is 12.3. The third kappa shape index (κ3) is 3.63. The highest BCUT2D eigenvalue weighted by molar-refractivity contribution is 8.06. The molecule has 0 saturated carbocycles. The summed E-state index contributed by atoms with van der Waals surface area (Å²) in [6.45, 7) is 4.93. The molecule has 0 bridgehead atoms. The van der Waals surface area contributed by atoms with Crippen LogP contribution in [0.25, 0.3) is 0 Å². The predicted octanol–water partition coefficient (Wildman–Crippen LogP) is 2.66. The van der Waals surface area contributed by atoms with Crippen LogP contribution in [0.2, 0.25) is 0 Å². The summed E-state index contributed by atoms with van der Waals surface area (Å²) in [5.74, 6) is 4.56. The molecule has 0 N–H and O–H groups in total. The van der Waals surface area contributed by atoms with Gasteiger partial charge in [0.25, 0.3) is 5.89 Å². The molecule has 0 amide bonds. The second-order valence-electron chi connectivity index (χ2n) is 3.67. The van der Waals surface area contributed by atoms with E-state index < -0.39 is 6.29 Å². The fraction of sp³-hybridized carbons (Fsp3) is 0.818. The molecule has 18 heavy (non-hydrogen) atoms. The summed E-state index contributed by atoms with van der Waals surface area (Å²) in [6, 6.07) is 0. The Labute approximate surface area is 115 Å². The second-order valence-corrected chi connectivity index (χ2v) is 6.13. The van der Waals surface area contributed by atoms with Gasteiger partial charge in [0.2, 0.25) is 6.29 Å². The Morgan fingerprint density at radius 3 is 2.72 bits per heavy atom. The van der Waals surface area contributed by atoms with Crippen LogP contribution in [0.15, 0.2) is 4.52 Å². The van der Waals surface area contributed by atoms with Crippen LogP contribution in [0, 0.1) is 0 Å². The summed E-state index contributed by atoms with van der Waals surface area (Å²) in [6.07, 6.45) is -0.539. The molecule has 7 heteroatoms. The average molecular weight is 290 g/mol. The number of rotatable bonds is 6. The van der Waals surface area contributed by atoms with Gasteiger partial charge in [-0.3, -0.25) is 0 Å². The van der Waals surface area contributed by atoms with E-state index in [0.717, 1.165) is 17.3 Å². The fourth-order valence-corrected chi connectivity index (χ4v) is 4.19. The highest BCUT2D eigenvalue weighted by Gasteiger charge is 2.25. The van der Waals surface area contributed by atoms with Gasteiger partial charge in [-0.15, -0.1) is 11.8 Å². The zero-order chi connectivity index (χ0) is 12.8. The number of thioether (sulfide) groups is 2. The van der Waals surface area contributed by atoms with Crippen molar-refractivity contribution in [2.24, 2.45) is 0 Å². The average Bonchev–Trinajstić information content (AvgIpc) is 2.89. The summed E-state index contributed by atoms with van der Waals surface area (Å²) < 4.78 is 16.1. The van der Waals surface area contributed by atoms with Crippen molar-refractivity contribution in [1.29, 1.82) is 0 Å². The Kier molecular flexibility index (Phi) is 5.81. The molecular weight excluding hydrogens is 272 g/mol. The molecule has 1 unspecified atom stereocenters. The first kappa shape index (κ1) is 14.2. The van der Waals surface area contributed by atoms with E-state index in [9.17, 15) is 0 Å². The predicted molar refractivity (Wildman–Crippen MR) is 72.8 cm³/mol. The Bertz CT molecular complexity index is 350. The largest absolute Gasteiger partial charge is 0.345 e. The van der Waals surface area contributed by atoms with Gasteiger partial charge in [0, 0.05) is 30.5 Å². The lowest BCUT2D eigenvalue weighted by Crippen LogP contribution is -2.11. The van der Waals surface area contributed by atoms with Crippen molar-refractivity contribution in [3.63, 3.8) is 0 Å². The van der Waals surface area contributed by atoms with Crippen LogP contribution < -0.4 is 0 Å². The molecule has 1 aromatic rings. The summed E-state index contributed by atoms with van der Waals surface area (Å²) in [7, 11) is 0. The molecule has 1 aromatic heterocycles. The monoisotopic (exact) mass is 290 g/mol. The van der Waals surface area contributed by atoms with Crippen LogP contribution >= 0.6 is 23.5 Å². The van der Waals surface area contributed by atoms with E-state index in [2.05, 4.69) is 10.1 Å². The first-order valence-corrected chi connectivity index (χ1v) is 8.31. The fourth-order valence-electron chi connectivity index (χ4n) is 1.60. The van der Waals surface area contributed by atoms with Gasteiger partial charge in [0.15, 0.2) is 5.82 Å². The molecule has 5 nitrogen and oxygen atoms in total. The maximum Gasteiger partial charge on any atom is 0.283 e. The highest BCUT2D eigenvalue weighted by atomic mass is 32.2. The Balaban J connectivity index is 2.02. The van der Waals surface area contributed by atoms with Crippen LogP contribution in [0.4, 0.5) is 0 Å². The minimum atomic E-state index is -0.539. The third-order valence-corrected chi connectivity index (χ3v) is 5.15. The summed E-state index contributed by atoms with van der Waals surface area (Å²) in [5.41, 5.74) is 0. The van der Waals surface area contributed by atoms with Crippen LogP contribution in [0.3, 0.4) is 0 Å². The van der Waals surface area contributed by atoms with Crippen molar-refractivity contribution in [2.45, 2.75) is 25.4 Å². The lowest BCUT2D eigenvalue weighted by molar-refractivity contribution is -0.155. The van der Waals surface area contributed by atoms with Crippen molar-refractivity contribution in [3.8, 4) is 0 Å². The summed E-state index contributed by atoms with van der Waals surface area (Å²) in [5, 5.41) is 4.37. The minimum absolute atomic E-state index is 0.324. The van der Waals surface area contributed by atoms with E-state index in [-0.39, 0.29) is 0 Å². The number of aromatic nitrogens is 2. The maximum absolute atomic E-state index is 5.44. The van der Waals surface area contributed by atoms with Crippen LogP contribution in [-0.4, -0.2) is 40.6 Å². The van der Waals surface area contributed by atoms with E-state index in [0.29, 0.717) is 24.4 Å². The Morgan fingerprint density at radius 1 is 1.33 bits per heavy atom. The Hall–Kier alpha value is -0.240. The highest BCUT2D eigenvalue weighted by Crippen LogP contribution is 2.35. The smallest absolute Gasteiger partial charge is 0.283 e. The van der Waals surface area contributed by atoms with Gasteiger partial charge < -0.3 is 14.0 Å². The molecule has 1 aliphatic rings. The molecule has 1 fully saturated rings. The topological polar surface area (TPSA) is 57.4 Å². The molecule has 2 rings (SSSR count). The summed E-state index contributed by atoms with van der Waals surface area (Å²) in [4.78, 5) is 4.41. The zero-order valence-electron chi connectivity index (χ0n) is 10.6. The van der Waals surface area contributed by atoms with Gasteiger partial charge >= 0.3 is 0 Å². The van der Waals surface area contributed by atoms with Crippen molar-refractivity contribution in [1.82, 2.24) is 10.1 Å². The van der Waals surface area contributed by atoms with Crippen molar-refractivity contribution < 1.29 is 14.0 Å². The molecule has 0 aliphatic carbocycles. The number of nitrogens with zero attached hydrogens (tertiary/aromatic N) is 2. The van der Waals surface area contributed by atoms with Gasteiger partial charge in [-0.1, -0.05) is 5.16 Å². The van der Waals surface area contributed by atoms with Crippen molar-refractivity contribution >= 4 is 23.5 Å². The van der Waals surface area contributed by atoms with Crippen LogP contribution in [0.1, 0.15) is 37.1 Å². The lowest BCUT2D eigenvalue weighted by atomic mass is 10.4. The van der Waals surface area contributed by atoms with E-state index in [1.54, 1.807) is 0 Å². The first-order chi connectivity index (χ1) is 8.85. The second kappa shape index (κ2) is 7.37. The molecule has 0 spiro atoms. The SMILES string of the molecule is CCOC(OCC)c1nc(C2CSCCS2)no1. The normalized spacial score (nSPS) is 20.5. The third-order valence-electron chi connectivity index (χ3n) is 2.40. The molecular formula is C11H18N2O3S2. The lowest BCUT2D eigenvalue weighted by Gasteiger charge is -2.17. The van der Waals surface area contributed by atoms with Crippen LogP contribution in [-0.2, 0) is 9.47 Å². The van der Waals surface area contributed by atoms with Crippen molar-refractivity contribution in [2.75, 3.05) is 30.5 Å². The number of ether oxygens (including phenoxy) is 2. The molecule has 2 heterocycles. The number of hydrogen-bond donors (Lipinski definition) is 0. The molecule has 1 aliphatic heterocycles. The molecule has 0 aromatic carbocycles. The van der Waals surface area contributed by atoms with E-state index >= 15 is 0 Å². The summed E-state index contributed by atoms with van der Waals surface area (Å²) >= 11 is 3.81. The van der Waals surface area contributed by atoms with E-state index in [1.165, 1.54) is 5.75 Å². The standard InChI is InChI=1S/C11H18N2O3S2/c1-3-14-11(15-4-2)10-12-9(13-16-10)8-7-17-5-6-18-8/h8,11H,3-7H2,1-2H3. The minimum Gasteiger partial charge on any atom is -0.345 e. The van der Waals surface area contributed by atoms with Gasteiger partial charge in [-0.25, -0.2) is 0 Å². The molecule has 1 saturated heterocycles. The molecule has 1 atom stereocenters. The van der Waals surface area contributed by atoms with E-state index in [1.807, 2.05) is 37.4 Å². The number of hydrogen-bond acceptors (Lipinski definition) is 7. The van der Waals surface area contributed by atoms with Crippen LogP contribution in [0.5, 0.6) is 0 Å². The Morgan fingerprint density at radius 2 is 2.11 bits per heavy atom. The van der Waals surface area contributed by atoms with Gasteiger partial charge in [-0.2, -0.15) is 16.7 Å². The van der Waals surface area contributed by atoms with Gasteiger partial charge in [-0.05, 0) is 13.8 Å². The van der Waals surface area contributed by atoms with Crippen molar-refractivity contribution in [3.05, 3.63) is 11.7 Å². The van der Waals surface area contributed by atoms with Gasteiger partial charge in [0.05, 0.1) is 5.25 Å². The molecule has 0 radical (unpaired) electrons. The molecule has 102 valence electrons. The quantitative estimate of drug-likeness (QED) is 0.746. The van der Waals surface area contributed by atoms with E-state index in [4.69, 9.17) is 14.0 Å². The van der Waals surface area contributed by atoms with Gasteiger partial charge in [0.1, 0.15) is 0 Å². The first-order valence-electron chi connectivity index (χ1n) is 6.11.